The Hall–Kier alpha value is -1.32. The van der Waals surface area contributed by atoms with Crippen molar-refractivity contribution in [1.82, 2.24) is 0 Å². The largest absolute Gasteiger partial charge is 0.508 e. The van der Waals surface area contributed by atoms with Crippen molar-refractivity contribution >= 4 is 52.2 Å². The van der Waals surface area contributed by atoms with Crippen molar-refractivity contribution < 1.29 is 34.4 Å². The number of fused-ring (bicyclic) bond motifs is 1. The smallest absolute Gasteiger partial charge is 0.233 e. The Balaban J connectivity index is 2.03. The maximum Gasteiger partial charge on any atom is 0.233 e. The Labute approximate surface area is 231 Å². The van der Waals surface area contributed by atoms with Gasteiger partial charge in [0.15, 0.2) is 11.4 Å². The van der Waals surface area contributed by atoms with E-state index < -0.39 is 78.7 Å². The molecule has 2 fully saturated rings. The Morgan fingerprint density at radius 2 is 1.68 bits per heavy atom. The number of hydrogen-bond acceptors (Lipinski definition) is 6. The van der Waals surface area contributed by atoms with Crippen LogP contribution in [0.2, 0.25) is 0 Å². The molecular formula is C26H33Cl3N2O6. The molecule has 0 spiro atoms. The van der Waals surface area contributed by atoms with E-state index >= 15 is 0 Å². The number of ketones is 3. The second-order valence-corrected chi connectivity index (χ2v) is 14.0. The number of ether oxygens (including phenoxy) is 1. The molecule has 1 aliphatic heterocycles. The molecule has 1 saturated carbocycles. The second-order valence-electron chi connectivity index (χ2n) is 12.3. The number of Topliss-reactive ketones (excluding diaryl/α,β-unsaturated/α-hetero) is 3. The molecule has 37 heavy (non-hydrogen) atoms. The molecule has 8 nitrogen and oxygen atoms in total. The normalized spacial score (nSPS) is 43.5. The molecule has 0 radical (unpaired) electrons. The third-order valence-electron chi connectivity index (χ3n) is 9.25. The van der Waals surface area contributed by atoms with Crippen molar-refractivity contribution in [2.75, 3.05) is 0 Å². The van der Waals surface area contributed by atoms with Gasteiger partial charge in [-0.25, -0.2) is 0 Å². The zero-order valence-corrected chi connectivity index (χ0v) is 24.0. The summed E-state index contributed by atoms with van der Waals surface area (Å²) in [6.45, 7) is 10.1. The van der Waals surface area contributed by atoms with Gasteiger partial charge in [0.25, 0.3) is 0 Å². The fourth-order valence-electron chi connectivity index (χ4n) is 6.74. The summed E-state index contributed by atoms with van der Waals surface area (Å²) in [5.41, 5.74) is 3.61. The highest BCUT2D eigenvalue weighted by atomic mass is 35.5. The zero-order valence-electron chi connectivity index (χ0n) is 21.7. The molecule has 11 heteroatoms. The van der Waals surface area contributed by atoms with Crippen LogP contribution in [0.4, 0.5) is 0 Å². The Bertz CT molecular complexity index is 1170. The van der Waals surface area contributed by atoms with Gasteiger partial charge in [0.2, 0.25) is 17.6 Å². The fraction of sp³-hybridized carbons (Fsp3) is 0.731. The van der Waals surface area contributed by atoms with Crippen LogP contribution < -0.4 is 5.11 Å². The Kier molecular flexibility index (Phi) is 6.66. The lowest BCUT2D eigenvalue weighted by molar-refractivity contribution is -0.498. The molecule has 204 valence electrons. The molecule has 3 N–H and O–H groups in total. The van der Waals surface area contributed by atoms with Gasteiger partial charge in [0.05, 0.1) is 27.7 Å². The monoisotopic (exact) mass is 574 g/mol. The number of nitrogens with one attached hydrogen (secondary N) is 1. The molecule has 1 saturated heterocycles. The van der Waals surface area contributed by atoms with Crippen molar-refractivity contribution in [2.24, 2.45) is 11.3 Å². The minimum atomic E-state index is -2.08. The summed E-state index contributed by atoms with van der Waals surface area (Å²) in [6.07, 6.45) is 0.504. The van der Waals surface area contributed by atoms with E-state index in [1.54, 1.807) is 20.8 Å². The SMILES string of the molecule is CC1=C(O)C2=C(C(=O)[C@]3(C[C@H]4C(C)(C)[C@@H](Cl)CC[C@]4(C)O)OC(C)(C)[C@H](Cl)C[C@]3(Cl)C2=O)C([NH+]=[N-])C1=O. The van der Waals surface area contributed by atoms with Crippen LogP contribution in [0.5, 0.6) is 0 Å². The molecular weight excluding hydrogens is 543 g/mol. The minimum absolute atomic E-state index is 0.179. The van der Waals surface area contributed by atoms with Gasteiger partial charge in [-0.2, -0.15) is 0 Å². The van der Waals surface area contributed by atoms with Crippen LogP contribution in [0.15, 0.2) is 22.5 Å². The summed E-state index contributed by atoms with van der Waals surface area (Å²) in [5.74, 6) is -3.75. The number of aliphatic hydroxyl groups is 2. The maximum atomic E-state index is 14.6. The lowest BCUT2D eigenvalue weighted by atomic mass is 9.53. The number of alkyl halides is 3. The van der Waals surface area contributed by atoms with Crippen LogP contribution in [-0.4, -0.2) is 66.0 Å². The topological polar surface area (TPSA) is 137 Å². The highest BCUT2D eigenvalue weighted by molar-refractivity contribution is 6.45. The van der Waals surface area contributed by atoms with Crippen molar-refractivity contribution in [1.29, 1.82) is 0 Å². The molecule has 3 aliphatic carbocycles. The Morgan fingerprint density at radius 3 is 2.24 bits per heavy atom. The standard InChI is InChI=1S/C26H33Cl3N2O6/c1-11-18(32)16-15(17(31-30)19(11)33)21(35)26(9-12-22(2,3)13(27)7-8-24(12,6)36)25(29,20(16)34)10-14(28)23(4,5)37-26/h12-14,17,31-32,36H,7-10H2,1-6H3/t12-,13-,14+,17?,24-,25-,26-/m0/s1. The predicted molar refractivity (Wildman–Crippen MR) is 138 cm³/mol. The van der Waals surface area contributed by atoms with Crippen LogP contribution >= 0.6 is 34.8 Å². The van der Waals surface area contributed by atoms with Gasteiger partial charge in [-0.3, -0.25) is 14.4 Å². The fourth-order valence-corrected chi connectivity index (χ4v) is 7.81. The first-order chi connectivity index (χ1) is 16.8. The molecule has 0 aromatic rings. The number of carbonyl (C=O) groups excluding carboxylic acids is 3. The van der Waals surface area contributed by atoms with E-state index in [4.69, 9.17) is 39.5 Å². The van der Waals surface area contributed by atoms with E-state index in [0.717, 1.165) is 0 Å². The molecule has 1 unspecified atom stereocenters. The first-order valence-corrected chi connectivity index (χ1v) is 13.6. The van der Waals surface area contributed by atoms with Gasteiger partial charge in [0.1, 0.15) is 10.6 Å². The molecule has 4 rings (SSSR count). The van der Waals surface area contributed by atoms with Crippen molar-refractivity contribution in [3.05, 3.63) is 28.0 Å². The first-order valence-electron chi connectivity index (χ1n) is 12.4. The van der Waals surface area contributed by atoms with Crippen LogP contribution in [0.3, 0.4) is 0 Å². The second kappa shape index (κ2) is 8.59. The third kappa shape index (κ3) is 3.73. The van der Waals surface area contributed by atoms with Crippen molar-refractivity contribution in [3.8, 4) is 0 Å². The lowest BCUT2D eigenvalue weighted by Gasteiger charge is -2.60. The summed E-state index contributed by atoms with van der Waals surface area (Å²) < 4.78 is 6.49. The highest BCUT2D eigenvalue weighted by Crippen LogP contribution is 2.61. The number of carbonyl (C=O) groups is 3. The van der Waals surface area contributed by atoms with E-state index in [0.29, 0.717) is 12.8 Å². The average molecular weight is 576 g/mol. The van der Waals surface area contributed by atoms with E-state index in [9.17, 15) is 30.1 Å². The van der Waals surface area contributed by atoms with Crippen LogP contribution in [0.1, 0.15) is 67.2 Å². The van der Waals surface area contributed by atoms with Crippen molar-refractivity contribution in [2.45, 2.75) is 106 Å². The van der Waals surface area contributed by atoms with Gasteiger partial charge in [-0.15, -0.1) is 34.8 Å². The first kappa shape index (κ1) is 28.7. The molecule has 7 atom stereocenters. The molecule has 0 aromatic carbocycles. The third-order valence-corrected chi connectivity index (χ3v) is 11.3. The summed E-state index contributed by atoms with van der Waals surface area (Å²) in [4.78, 5) is 39.7. The lowest BCUT2D eigenvalue weighted by Crippen LogP contribution is -2.81. The summed E-state index contributed by atoms with van der Waals surface area (Å²) in [7, 11) is 0. The van der Waals surface area contributed by atoms with E-state index in [1.165, 1.54) is 6.92 Å². The Morgan fingerprint density at radius 1 is 1.08 bits per heavy atom. The maximum absolute atomic E-state index is 14.6. The van der Waals surface area contributed by atoms with E-state index in [1.807, 2.05) is 19.0 Å². The summed E-state index contributed by atoms with van der Waals surface area (Å²) in [6, 6.07) is -1.61. The average Bonchev–Trinajstić information content (AvgIpc) is 2.79. The molecule has 4 aliphatic rings. The number of rotatable bonds is 3. The van der Waals surface area contributed by atoms with Crippen LogP contribution in [0.25, 0.3) is 5.53 Å². The van der Waals surface area contributed by atoms with Gasteiger partial charge < -0.3 is 25.6 Å². The number of hydrogen-bond donors (Lipinski definition) is 3. The summed E-state index contributed by atoms with van der Waals surface area (Å²) >= 11 is 20.5. The molecule has 0 aromatic heterocycles. The van der Waals surface area contributed by atoms with Crippen LogP contribution in [-0.2, 0) is 19.1 Å². The summed E-state index contributed by atoms with van der Waals surface area (Å²) in [5, 5.41) is 23.1. The number of aliphatic hydroxyl groups excluding tert-OH is 1. The van der Waals surface area contributed by atoms with Gasteiger partial charge in [-0.05, 0) is 64.7 Å². The number of nitrogens with zero attached hydrogens (tertiary/aromatic N) is 1. The van der Waals surface area contributed by atoms with E-state index in [2.05, 4.69) is 0 Å². The van der Waals surface area contributed by atoms with Gasteiger partial charge >= 0.3 is 0 Å². The van der Waals surface area contributed by atoms with Gasteiger partial charge in [0, 0.05) is 11.0 Å². The van der Waals surface area contributed by atoms with Crippen LogP contribution in [0, 0.1) is 11.3 Å². The predicted octanol–water partition coefficient (Wildman–Crippen LogP) is 3.03. The zero-order chi connectivity index (χ0) is 28.1. The molecule has 1 heterocycles. The van der Waals surface area contributed by atoms with Gasteiger partial charge in [-0.1, -0.05) is 13.8 Å². The number of allylic oxidation sites excluding steroid dienone is 1. The quantitative estimate of drug-likeness (QED) is 0.349. The number of halogens is 3. The minimum Gasteiger partial charge on any atom is -0.508 e. The highest BCUT2D eigenvalue weighted by Gasteiger charge is 2.74. The molecule has 0 bridgehead atoms. The molecule has 0 amide bonds. The van der Waals surface area contributed by atoms with Crippen molar-refractivity contribution in [3.63, 3.8) is 0 Å². The van der Waals surface area contributed by atoms with E-state index in [-0.39, 0.29) is 23.8 Å².